The van der Waals surface area contributed by atoms with E-state index in [1.54, 1.807) is 23.3 Å². The average Bonchev–Trinajstić information content (AvgIpc) is 3.89. The summed E-state index contributed by atoms with van der Waals surface area (Å²) in [5.41, 5.74) is 10.2. The van der Waals surface area contributed by atoms with Crippen LogP contribution >= 0.6 is 11.3 Å². The molecule has 0 saturated carbocycles. The van der Waals surface area contributed by atoms with Gasteiger partial charge in [0.25, 0.3) is 0 Å². The lowest BCUT2D eigenvalue weighted by Gasteiger charge is -2.39. The second-order valence-electron chi connectivity index (χ2n) is 13.6. The first kappa shape index (κ1) is 30.6. The van der Waals surface area contributed by atoms with E-state index in [0.29, 0.717) is 58.8 Å². The number of nitriles is 1. The van der Waals surface area contributed by atoms with Crippen molar-refractivity contribution in [3.05, 3.63) is 37.7 Å². The Balaban J connectivity index is 1.28. The molecular weight excluding hydrogens is 620 g/mol. The van der Waals surface area contributed by atoms with Crippen molar-refractivity contribution in [3.63, 3.8) is 0 Å². The fourth-order valence-electron chi connectivity index (χ4n) is 8.66. The number of imidazole rings is 1. The van der Waals surface area contributed by atoms with E-state index in [-0.39, 0.29) is 30.0 Å². The van der Waals surface area contributed by atoms with Gasteiger partial charge < -0.3 is 24.5 Å². The Morgan fingerprint density at radius 2 is 2.02 bits per heavy atom. The highest BCUT2D eigenvalue weighted by Gasteiger charge is 2.48. The third-order valence-corrected chi connectivity index (χ3v) is 12.1. The van der Waals surface area contributed by atoms with Gasteiger partial charge in [-0.3, -0.25) is 14.0 Å². The predicted octanol–water partition coefficient (Wildman–Crippen LogP) is 3.71. The van der Waals surface area contributed by atoms with Crippen LogP contribution in [-0.2, 0) is 34.8 Å². The van der Waals surface area contributed by atoms with E-state index in [0.717, 1.165) is 68.3 Å². The van der Waals surface area contributed by atoms with Gasteiger partial charge in [-0.25, -0.2) is 9.78 Å². The van der Waals surface area contributed by atoms with Gasteiger partial charge in [0.1, 0.15) is 17.2 Å². The van der Waals surface area contributed by atoms with Crippen LogP contribution in [0.5, 0.6) is 5.88 Å². The first-order chi connectivity index (χ1) is 22.8. The Kier molecular flexibility index (Phi) is 7.43. The quantitative estimate of drug-likeness (QED) is 0.321. The van der Waals surface area contributed by atoms with E-state index in [9.17, 15) is 10.1 Å². The summed E-state index contributed by atoms with van der Waals surface area (Å²) in [4.78, 5) is 27.2. The molecule has 248 valence electrons. The first-order valence-corrected chi connectivity index (χ1v) is 17.3. The second kappa shape index (κ2) is 11.4. The van der Waals surface area contributed by atoms with Gasteiger partial charge in [0.05, 0.1) is 30.0 Å². The molecule has 13 nitrogen and oxygen atoms in total. The molecule has 0 amide bonds. The van der Waals surface area contributed by atoms with Crippen molar-refractivity contribution in [1.82, 2.24) is 29.2 Å². The molecule has 2 N–H and O–H groups in total. The number of rotatable bonds is 6. The molecule has 5 atom stereocenters. The number of thiophene rings is 1. The number of aryl methyl sites for hydroxylation is 2. The Morgan fingerprint density at radius 3 is 2.74 bits per heavy atom. The van der Waals surface area contributed by atoms with E-state index in [1.165, 1.54) is 16.2 Å². The highest BCUT2D eigenvalue weighted by molar-refractivity contribution is 7.16. The minimum absolute atomic E-state index is 0.0986. The Hall–Kier alpha value is -3.77. The lowest BCUT2D eigenvalue weighted by molar-refractivity contribution is 0.108. The van der Waals surface area contributed by atoms with Crippen molar-refractivity contribution >= 4 is 27.5 Å². The molecule has 8 rings (SSSR count). The molecule has 2 saturated heterocycles. The fraction of sp³-hybridized carbons (Fsp3) is 0.606. The highest BCUT2D eigenvalue weighted by Crippen LogP contribution is 2.54. The van der Waals surface area contributed by atoms with Crippen molar-refractivity contribution in [1.29, 1.82) is 5.26 Å². The largest absolute Gasteiger partial charge is 0.471 e. The molecule has 14 heteroatoms. The molecular formula is C33H40N8O5S. The Labute approximate surface area is 276 Å². The van der Waals surface area contributed by atoms with Gasteiger partial charge in [-0.05, 0) is 70.9 Å². The van der Waals surface area contributed by atoms with Gasteiger partial charge in [0.2, 0.25) is 17.5 Å². The number of hydrogen-bond donors (Lipinski definition) is 1. The summed E-state index contributed by atoms with van der Waals surface area (Å²) in [5.74, 6) is 1.15. The molecule has 4 aromatic heterocycles. The average molecular weight is 661 g/mol. The molecule has 4 aromatic rings. The number of ether oxygens (including phenoxy) is 3. The fourth-order valence-corrected chi connectivity index (χ4v) is 9.82. The molecule has 2 aliphatic carbocycles. The minimum atomic E-state index is -0.443. The van der Waals surface area contributed by atoms with Gasteiger partial charge in [-0.2, -0.15) is 10.2 Å². The molecule has 0 bridgehead atoms. The van der Waals surface area contributed by atoms with Crippen LogP contribution in [0.15, 0.2) is 9.32 Å². The predicted molar refractivity (Wildman–Crippen MR) is 175 cm³/mol. The lowest BCUT2D eigenvalue weighted by Crippen LogP contribution is -2.38. The number of nitrogens with zero attached hydrogens (tertiary/aromatic N) is 7. The zero-order chi connectivity index (χ0) is 32.6. The third-order valence-electron chi connectivity index (χ3n) is 11.0. The summed E-state index contributed by atoms with van der Waals surface area (Å²) in [6.07, 6.45) is 6.67. The zero-order valence-corrected chi connectivity index (χ0v) is 28.1. The number of nitrogen functional groups attached to an aromatic ring is 1. The van der Waals surface area contributed by atoms with Gasteiger partial charge in [0, 0.05) is 49.2 Å². The maximum atomic E-state index is 13.8. The summed E-state index contributed by atoms with van der Waals surface area (Å²) in [6, 6.07) is 2.34. The molecule has 6 heterocycles. The van der Waals surface area contributed by atoms with Crippen molar-refractivity contribution < 1.29 is 18.7 Å². The number of likely N-dealkylation sites (N-methyl/N-ethyl adjacent to an activating group) is 1. The van der Waals surface area contributed by atoms with Crippen LogP contribution in [0.4, 0.5) is 5.00 Å². The van der Waals surface area contributed by atoms with Crippen LogP contribution in [0.2, 0.25) is 0 Å². The van der Waals surface area contributed by atoms with E-state index < -0.39 is 5.41 Å². The molecule has 2 fully saturated rings. The summed E-state index contributed by atoms with van der Waals surface area (Å²) in [7, 11) is 5.55. The van der Waals surface area contributed by atoms with E-state index in [1.807, 2.05) is 6.92 Å². The summed E-state index contributed by atoms with van der Waals surface area (Å²) < 4.78 is 27.5. The smallest absolute Gasteiger partial charge is 0.330 e. The highest BCUT2D eigenvalue weighted by atomic mass is 32.1. The summed E-state index contributed by atoms with van der Waals surface area (Å²) in [5, 5.41) is 15.4. The van der Waals surface area contributed by atoms with Crippen molar-refractivity contribution in [2.24, 2.45) is 7.05 Å². The van der Waals surface area contributed by atoms with Gasteiger partial charge in [0.15, 0.2) is 11.2 Å². The number of fused-ring (bicyclic) bond motifs is 5. The molecule has 4 aliphatic rings. The molecule has 0 radical (unpaired) electrons. The number of nitrogens with two attached hydrogens (primary N) is 1. The number of anilines is 1. The number of hydrogen-bond acceptors (Lipinski definition) is 12. The monoisotopic (exact) mass is 660 g/mol. The van der Waals surface area contributed by atoms with Gasteiger partial charge in [-0.15, -0.1) is 11.3 Å². The maximum absolute atomic E-state index is 13.8. The molecule has 0 aromatic carbocycles. The van der Waals surface area contributed by atoms with Crippen LogP contribution < -0.4 is 16.2 Å². The third kappa shape index (κ3) is 4.57. The summed E-state index contributed by atoms with van der Waals surface area (Å²) >= 11 is 1.52. The zero-order valence-electron chi connectivity index (χ0n) is 27.2. The van der Waals surface area contributed by atoms with E-state index in [2.05, 4.69) is 18.0 Å². The maximum Gasteiger partial charge on any atom is 0.330 e. The standard InChI is InChI=1S/C33H40N8O5S/c1-17(22-13-19(43-4)15-39(22)2)45-31-25-30(41(32(42)40(25)3)18-9-12-44-16-18)36-29(37-31)26-20-7-5-10-33(27(20)38-46-26)11-6-8-23-24(33)21(14-34)28(35)47-23/h17-19,22H,5-13,15-16,35H2,1-4H3/t17-,18+,19-,22-,33-/m0/s1. The van der Waals surface area contributed by atoms with Crippen molar-refractivity contribution in [3.8, 4) is 23.5 Å². The second-order valence-corrected chi connectivity index (χ2v) is 14.7. The van der Waals surface area contributed by atoms with Crippen LogP contribution in [0, 0.1) is 11.3 Å². The molecule has 0 unspecified atom stereocenters. The first-order valence-electron chi connectivity index (χ1n) is 16.5. The Morgan fingerprint density at radius 1 is 1.21 bits per heavy atom. The van der Waals surface area contributed by atoms with Gasteiger partial charge >= 0.3 is 5.69 Å². The van der Waals surface area contributed by atoms with Gasteiger partial charge in [-0.1, -0.05) is 5.16 Å². The van der Waals surface area contributed by atoms with Crippen LogP contribution in [0.1, 0.15) is 78.8 Å². The number of likely N-dealkylation sites (tertiary alicyclic amines) is 1. The Bertz CT molecular complexity index is 1960. The van der Waals surface area contributed by atoms with Crippen LogP contribution in [-0.4, -0.2) is 81.3 Å². The topological polar surface area (TPSA) is 159 Å². The van der Waals surface area contributed by atoms with Crippen LogP contribution in [0.3, 0.4) is 0 Å². The van der Waals surface area contributed by atoms with E-state index in [4.69, 9.17) is 39.6 Å². The molecule has 1 spiro atoms. The molecule has 2 aliphatic heterocycles. The number of methoxy groups -OCH3 is 1. The van der Waals surface area contributed by atoms with E-state index >= 15 is 0 Å². The molecule has 47 heavy (non-hydrogen) atoms. The minimum Gasteiger partial charge on any atom is -0.471 e. The van der Waals surface area contributed by atoms with Crippen molar-refractivity contribution in [2.45, 2.75) is 88.0 Å². The normalized spacial score (nSPS) is 26.5. The van der Waals surface area contributed by atoms with Crippen molar-refractivity contribution in [2.75, 3.05) is 39.6 Å². The lowest BCUT2D eigenvalue weighted by atomic mass is 9.62. The number of aromatic nitrogens is 5. The van der Waals surface area contributed by atoms with Crippen LogP contribution in [0.25, 0.3) is 22.7 Å². The SMILES string of the molecule is CO[C@H]1C[C@@H]([C@H](C)Oc2nc(-c3onc4c3CCC[C@@]43CCCc4sc(N)c(C#N)c43)nc3c2n(C)c(=O)n3[C@@H]2CCOC2)N(C)C1. The summed E-state index contributed by atoms with van der Waals surface area (Å²) in [6.45, 7) is 3.86.